The number of piperazine rings is 1. The van der Waals surface area contributed by atoms with Gasteiger partial charge in [0.15, 0.2) is 0 Å². The van der Waals surface area contributed by atoms with Crippen molar-refractivity contribution >= 4 is 34.7 Å². The number of anilines is 2. The molecule has 26 heavy (non-hydrogen) atoms. The number of non-ortho nitro benzene ring substituents is 1. The third-order valence-corrected chi connectivity index (χ3v) is 4.38. The number of aromatic nitrogens is 1. The lowest BCUT2D eigenvalue weighted by Crippen LogP contribution is -2.48. The molecule has 3 rings (SSSR count). The summed E-state index contributed by atoms with van der Waals surface area (Å²) in [6.07, 6.45) is 1.49. The number of nitrogens with zero attached hydrogens (tertiary/aromatic N) is 4. The predicted octanol–water partition coefficient (Wildman–Crippen LogP) is 2.40. The molecule has 1 aromatic heterocycles. The van der Waals surface area contributed by atoms with Gasteiger partial charge in [0.1, 0.15) is 5.82 Å². The van der Waals surface area contributed by atoms with Gasteiger partial charge < -0.3 is 10.2 Å². The van der Waals surface area contributed by atoms with Crippen LogP contribution in [0.3, 0.4) is 0 Å². The van der Waals surface area contributed by atoms with Crippen molar-refractivity contribution in [3.8, 4) is 0 Å². The van der Waals surface area contributed by atoms with Gasteiger partial charge >= 0.3 is 0 Å². The number of carbonyl (C=O) groups is 1. The van der Waals surface area contributed by atoms with E-state index >= 15 is 0 Å². The molecule has 1 amide bonds. The molecule has 0 aliphatic carbocycles. The molecule has 1 N–H and O–H groups in total. The highest BCUT2D eigenvalue weighted by atomic mass is 35.5. The maximum Gasteiger partial charge on any atom is 0.269 e. The molecule has 0 atom stereocenters. The summed E-state index contributed by atoms with van der Waals surface area (Å²) in [7, 11) is 0. The summed E-state index contributed by atoms with van der Waals surface area (Å²) in [5.41, 5.74) is 1.03. The van der Waals surface area contributed by atoms with E-state index in [0.717, 1.165) is 31.9 Å². The average molecular weight is 376 g/mol. The number of amides is 1. The van der Waals surface area contributed by atoms with Gasteiger partial charge in [-0.3, -0.25) is 19.8 Å². The first-order valence-corrected chi connectivity index (χ1v) is 8.52. The SMILES string of the molecule is O=C(CN1CCN(c2ccc([N+](=O)[O-])cc2)CC1)Nc1ccc(Cl)cn1. The van der Waals surface area contributed by atoms with Crippen molar-refractivity contribution < 1.29 is 9.72 Å². The maximum atomic E-state index is 12.1. The van der Waals surface area contributed by atoms with Gasteiger partial charge in [-0.25, -0.2) is 4.98 Å². The highest BCUT2D eigenvalue weighted by molar-refractivity contribution is 6.30. The van der Waals surface area contributed by atoms with Crippen LogP contribution in [0.4, 0.5) is 17.2 Å². The van der Waals surface area contributed by atoms with Crippen LogP contribution in [0.5, 0.6) is 0 Å². The van der Waals surface area contributed by atoms with E-state index in [2.05, 4.69) is 20.1 Å². The Kier molecular flexibility index (Phi) is 5.65. The largest absolute Gasteiger partial charge is 0.369 e. The molecule has 9 heteroatoms. The lowest BCUT2D eigenvalue weighted by Gasteiger charge is -2.35. The number of rotatable bonds is 5. The van der Waals surface area contributed by atoms with Gasteiger partial charge in [0.05, 0.1) is 16.5 Å². The Morgan fingerprint density at radius 3 is 2.42 bits per heavy atom. The molecule has 1 aliphatic heterocycles. The molecule has 1 aliphatic rings. The summed E-state index contributed by atoms with van der Waals surface area (Å²) < 4.78 is 0. The molecule has 0 bridgehead atoms. The van der Waals surface area contributed by atoms with Crippen LogP contribution in [0.2, 0.25) is 5.02 Å². The Morgan fingerprint density at radius 1 is 1.15 bits per heavy atom. The molecule has 0 radical (unpaired) electrons. The molecule has 136 valence electrons. The number of nitrogens with one attached hydrogen (secondary N) is 1. The van der Waals surface area contributed by atoms with E-state index in [4.69, 9.17) is 11.6 Å². The fourth-order valence-corrected chi connectivity index (χ4v) is 2.90. The fourth-order valence-electron chi connectivity index (χ4n) is 2.78. The van der Waals surface area contributed by atoms with Crippen molar-refractivity contribution in [1.82, 2.24) is 9.88 Å². The van der Waals surface area contributed by atoms with Crippen molar-refractivity contribution in [2.75, 3.05) is 42.9 Å². The van der Waals surface area contributed by atoms with E-state index in [-0.39, 0.29) is 11.6 Å². The van der Waals surface area contributed by atoms with Crippen molar-refractivity contribution in [2.24, 2.45) is 0 Å². The predicted molar refractivity (Wildman–Crippen MR) is 99.6 cm³/mol. The molecule has 2 heterocycles. The second-order valence-electron chi connectivity index (χ2n) is 5.95. The summed E-state index contributed by atoms with van der Waals surface area (Å²) in [4.78, 5) is 30.7. The van der Waals surface area contributed by atoms with Gasteiger partial charge in [-0.15, -0.1) is 0 Å². The molecule has 1 fully saturated rings. The molecular formula is C17H18ClN5O3. The molecular weight excluding hydrogens is 358 g/mol. The first kappa shape index (κ1) is 18.1. The van der Waals surface area contributed by atoms with E-state index < -0.39 is 4.92 Å². The summed E-state index contributed by atoms with van der Waals surface area (Å²) in [5.74, 6) is 0.354. The second-order valence-corrected chi connectivity index (χ2v) is 6.38. The lowest BCUT2D eigenvalue weighted by molar-refractivity contribution is -0.384. The van der Waals surface area contributed by atoms with Gasteiger partial charge in [0.25, 0.3) is 5.69 Å². The van der Waals surface area contributed by atoms with Crippen LogP contribution in [-0.4, -0.2) is 53.4 Å². The minimum atomic E-state index is -0.407. The molecule has 2 aromatic rings. The zero-order chi connectivity index (χ0) is 18.5. The van der Waals surface area contributed by atoms with Crippen LogP contribution in [0, 0.1) is 10.1 Å². The van der Waals surface area contributed by atoms with Crippen LogP contribution in [0.15, 0.2) is 42.6 Å². The number of halogens is 1. The number of carbonyl (C=O) groups excluding carboxylic acids is 1. The van der Waals surface area contributed by atoms with E-state index in [0.29, 0.717) is 17.4 Å². The van der Waals surface area contributed by atoms with Gasteiger partial charge in [-0.1, -0.05) is 11.6 Å². The first-order valence-electron chi connectivity index (χ1n) is 8.14. The van der Waals surface area contributed by atoms with E-state index in [9.17, 15) is 14.9 Å². The highest BCUT2D eigenvalue weighted by Gasteiger charge is 2.20. The Balaban J connectivity index is 1.48. The van der Waals surface area contributed by atoms with Crippen LogP contribution < -0.4 is 10.2 Å². The van der Waals surface area contributed by atoms with Crippen LogP contribution >= 0.6 is 11.6 Å². The van der Waals surface area contributed by atoms with Crippen LogP contribution in [0.1, 0.15) is 0 Å². The second kappa shape index (κ2) is 8.11. The zero-order valence-electron chi connectivity index (χ0n) is 14.0. The molecule has 8 nitrogen and oxygen atoms in total. The first-order chi connectivity index (χ1) is 12.5. The van der Waals surface area contributed by atoms with Crippen LogP contribution in [-0.2, 0) is 4.79 Å². The zero-order valence-corrected chi connectivity index (χ0v) is 14.7. The number of nitro benzene ring substituents is 1. The third kappa shape index (κ3) is 4.68. The minimum absolute atomic E-state index is 0.0832. The summed E-state index contributed by atoms with van der Waals surface area (Å²) in [5, 5.41) is 14.0. The van der Waals surface area contributed by atoms with E-state index in [1.54, 1.807) is 24.3 Å². The minimum Gasteiger partial charge on any atom is -0.369 e. The molecule has 1 aromatic carbocycles. The topological polar surface area (TPSA) is 91.6 Å². The highest BCUT2D eigenvalue weighted by Crippen LogP contribution is 2.20. The Labute approximate surface area is 155 Å². The standard InChI is InChI=1S/C17H18ClN5O3/c18-13-1-6-16(19-11-13)20-17(24)12-21-7-9-22(10-8-21)14-2-4-15(5-3-14)23(25)26/h1-6,11H,7-10,12H2,(H,19,20,24). The Hall–Kier alpha value is -2.71. The van der Waals surface area contributed by atoms with Crippen molar-refractivity contribution in [1.29, 1.82) is 0 Å². The van der Waals surface area contributed by atoms with Gasteiger partial charge in [0.2, 0.25) is 5.91 Å². The number of nitro groups is 1. The van der Waals surface area contributed by atoms with Crippen molar-refractivity contribution in [2.45, 2.75) is 0 Å². The number of hydrogen-bond donors (Lipinski definition) is 1. The smallest absolute Gasteiger partial charge is 0.269 e. The Bertz CT molecular complexity index is 774. The van der Waals surface area contributed by atoms with E-state index in [1.165, 1.54) is 18.3 Å². The summed E-state index contributed by atoms with van der Waals surface area (Å²) in [6.45, 7) is 3.27. The number of hydrogen-bond acceptors (Lipinski definition) is 6. The van der Waals surface area contributed by atoms with E-state index in [1.807, 2.05) is 0 Å². The summed E-state index contributed by atoms with van der Waals surface area (Å²) >= 11 is 5.77. The Morgan fingerprint density at radius 2 is 1.85 bits per heavy atom. The van der Waals surface area contributed by atoms with Crippen molar-refractivity contribution in [3.05, 3.63) is 57.7 Å². The average Bonchev–Trinajstić information content (AvgIpc) is 2.64. The molecule has 0 saturated carbocycles. The van der Waals surface area contributed by atoms with Crippen molar-refractivity contribution in [3.63, 3.8) is 0 Å². The third-order valence-electron chi connectivity index (χ3n) is 4.16. The lowest BCUT2D eigenvalue weighted by atomic mass is 10.2. The number of pyridine rings is 1. The summed E-state index contributed by atoms with van der Waals surface area (Å²) in [6, 6.07) is 9.86. The quantitative estimate of drug-likeness (QED) is 0.637. The van der Waals surface area contributed by atoms with Gasteiger partial charge in [-0.2, -0.15) is 0 Å². The van der Waals surface area contributed by atoms with Gasteiger partial charge in [0, 0.05) is 50.2 Å². The molecule has 0 spiro atoms. The fraction of sp³-hybridized carbons (Fsp3) is 0.294. The monoisotopic (exact) mass is 375 g/mol. The van der Waals surface area contributed by atoms with Crippen LogP contribution in [0.25, 0.3) is 0 Å². The maximum absolute atomic E-state index is 12.1. The molecule has 0 unspecified atom stereocenters. The normalized spacial score (nSPS) is 14.9. The van der Waals surface area contributed by atoms with Gasteiger partial charge in [-0.05, 0) is 24.3 Å². The molecule has 1 saturated heterocycles. The number of benzene rings is 1.